The van der Waals surface area contributed by atoms with Crippen LogP contribution < -0.4 is 0 Å². The fourth-order valence-electron chi connectivity index (χ4n) is 2.32. The number of aryl methyl sites for hydroxylation is 2. The van der Waals surface area contributed by atoms with Gasteiger partial charge in [0.2, 0.25) is 0 Å². The van der Waals surface area contributed by atoms with Gasteiger partial charge >= 0.3 is 0 Å². The first kappa shape index (κ1) is 13.8. The van der Waals surface area contributed by atoms with Crippen molar-refractivity contribution in [3.63, 3.8) is 0 Å². The number of aromatic amines is 1. The molecule has 0 aliphatic carbocycles. The molecule has 3 aromatic rings. The summed E-state index contributed by atoms with van der Waals surface area (Å²) in [6.07, 6.45) is 0. The van der Waals surface area contributed by atoms with E-state index in [-0.39, 0.29) is 5.91 Å². The highest BCUT2D eigenvalue weighted by molar-refractivity contribution is 7.18. The molecule has 0 spiro atoms. The van der Waals surface area contributed by atoms with Gasteiger partial charge in [-0.15, -0.1) is 11.3 Å². The summed E-state index contributed by atoms with van der Waals surface area (Å²) in [4.78, 5) is 18.8. The van der Waals surface area contributed by atoms with E-state index in [0.717, 1.165) is 26.6 Å². The Morgan fingerprint density at radius 3 is 2.76 bits per heavy atom. The van der Waals surface area contributed by atoms with Crippen molar-refractivity contribution in [1.82, 2.24) is 20.1 Å². The number of H-pyrrole nitrogens is 1. The molecule has 0 saturated carbocycles. The summed E-state index contributed by atoms with van der Waals surface area (Å²) in [6, 6.07) is 8.00. The van der Waals surface area contributed by atoms with Gasteiger partial charge < -0.3 is 4.90 Å². The molecule has 0 fully saturated rings. The molecule has 0 bridgehead atoms. The number of hydrogen-bond donors (Lipinski definition) is 1. The number of nitrogens with one attached hydrogen (secondary N) is 1. The lowest BCUT2D eigenvalue weighted by atomic mass is 10.2. The fraction of sp³-hybridized carbons (Fsp3) is 0.267. The molecule has 0 atom stereocenters. The predicted octanol–water partition coefficient (Wildman–Crippen LogP) is 2.91. The number of para-hydroxylation sites is 1. The van der Waals surface area contributed by atoms with Gasteiger partial charge in [0.1, 0.15) is 5.01 Å². The largest absolute Gasteiger partial charge is 0.335 e. The highest BCUT2D eigenvalue weighted by atomic mass is 32.1. The first-order valence-electron chi connectivity index (χ1n) is 6.67. The zero-order valence-corrected chi connectivity index (χ0v) is 13.0. The van der Waals surface area contributed by atoms with Crippen LogP contribution in [0.5, 0.6) is 0 Å². The van der Waals surface area contributed by atoms with Gasteiger partial charge in [-0.25, -0.2) is 4.98 Å². The van der Waals surface area contributed by atoms with Crippen molar-refractivity contribution in [2.24, 2.45) is 0 Å². The van der Waals surface area contributed by atoms with Crippen LogP contribution in [0, 0.1) is 13.8 Å². The standard InChI is InChI=1S/C15H16N4OS/c1-9-14(10(2)18-17-9)15(20)19(3)8-13-16-11-6-4-5-7-12(11)21-13/h4-7H,8H2,1-3H3,(H,17,18). The Labute approximate surface area is 126 Å². The van der Waals surface area contributed by atoms with Crippen LogP contribution in [0.25, 0.3) is 10.2 Å². The van der Waals surface area contributed by atoms with E-state index in [1.807, 2.05) is 38.1 Å². The second-order valence-electron chi connectivity index (χ2n) is 5.05. The molecule has 5 nitrogen and oxygen atoms in total. The van der Waals surface area contributed by atoms with Crippen molar-refractivity contribution < 1.29 is 4.79 Å². The molecule has 1 amide bonds. The quantitative estimate of drug-likeness (QED) is 0.809. The minimum atomic E-state index is -0.0296. The molecule has 2 heterocycles. The highest BCUT2D eigenvalue weighted by Crippen LogP contribution is 2.23. The number of carbonyl (C=O) groups is 1. The number of amides is 1. The van der Waals surface area contributed by atoms with Crippen molar-refractivity contribution in [1.29, 1.82) is 0 Å². The maximum absolute atomic E-state index is 12.5. The monoisotopic (exact) mass is 300 g/mol. The third kappa shape index (κ3) is 2.54. The zero-order chi connectivity index (χ0) is 15.0. The average molecular weight is 300 g/mol. The summed E-state index contributed by atoms with van der Waals surface area (Å²) >= 11 is 1.62. The lowest BCUT2D eigenvalue weighted by Crippen LogP contribution is -2.27. The van der Waals surface area contributed by atoms with Crippen LogP contribution in [0.1, 0.15) is 26.8 Å². The molecule has 1 N–H and O–H groups in total. The summed E-state index contributed by atoms with van der Waals surface area (Å²) in [5.74, 6) is -0.0296. The van der Waals surface area contributed by atoms with Crippen LogP contribution in [0.3, 0.4) is 0 Å². The number of carbonyl (C=O) groups excluding carboxylic acids is 1. The lowest BCUT2D eigenvalue weighted by Gasteiger charge is -2.15. The van der Waals surface area contributed by atoms with Gasteiger partial charge in [0.25, 0.3) is 5.91 Å². The van der Waals surface area contributed by atoms with Crippen LogP contribution in [-0.4, -0.2) is 33.0 Å². The van der Waals surface area contributed by atoms with Gasteiger partial charge in [-0.05, 0) is 26.0 Å². The molecule has 3 rings (SSSR count). The topological polar surface area (TPSA) is 61.9 Å². The molecule has 0 aliphatic rings. The Morgan fingerprint density at radius 2 is 2.10 bits per heavy atom. The Morgan fingerprint density at radius 1 is 1.33 bits per heavy atom. The van der Waals surface area contributed by atoms with E-state index < -0.39 is 0 Å². The van der Waals surface area contributed by atoms with Gasteiger partial charge in [-0.1, -0.05) is 12.1 Å². The minimum Gasteiger partial charge on any atom is -0.335 e. The second kappa shape index (κ2) is 5.29. The smallest absolute Gasteiger partial charge is 0.257 e. The summed E-state index contributed by atoms with van der Waals surface area (Å²) in [5, 5.41) is 7.86. The van der Waals surface area contributed by atoms with E-state index in [4.69, 9.17) is 0 Å². The van der Waals surface area contributed by atoms with E-state index in [9.17, 15) is 4.79 Å². The predicted molar refractivity (Wildman–Crippen MR) is 83.5 cm³/mol. The Kier molecular flexibility index (Phi) is 3.47. The average Bonchev–Trinajstić information content (AvgIpc) is 3.01. The summed E-state index contributed by atoms with van der Waals surface area (Å²) in [5.41, 5.74) is 3.16. The summed E-state index contributed by atoms with van der Waals surface area (Å²) in [7, 11) is 1.79. The van der Waals surface area contributed by atoms with E-state index in [2.05, 4.69) is 15.2 Å². The molecule has 0 saturated heterocycles. The lowest BCUT2D eigenvalue weighted by molar-refractivity contribution is 0.0783. The van der Waals surface area contributed by atoms with Crippen LogP contribution in [0.4, 0.5) is 0 Å². The van der Waals surface area contributed by atoms with Crippen molar-refractivity contribution in [2.45, 2.75) is 20.4 Å². The van der Waals surface area contributed by atoms with Crippen molar-refractivity contribution in [3.8, 4) is 0 Å². The third-order valence-corrected chi connectivity index (χ3v) is 4.42. The Bertz CT molecular complexity index is 752. The number of nitrogens with zero attached hydrogens (tertiary/aromatic N) is 3. The molecule has 2 aromatic heterocycles. The van der Waals surface area contributed by atoms with Crippen LogP contribution >= 0.6 is 11.3 Å². The molecular weight excluding hydrogens is 284 g/mol. The van der Waals surface area contributed by atoms with Gasteiger partial charge in [-0.3, -0.25) is 9.89 Å². The fourth-order valence-corrected chi connectivity index (χ4v) is 3.34. The first-order chi connectivity index (χ1) is 10.1. The molecule has 0 aliphatic heterocycles. The Balaban J connectivity index is 1.82. The van der Waals surface area contributed by atoms with Gasteiger partial charge in [-0.2, -0.15) is 5.10 Å². The first-order valence-corrected chi connectivity index (χ1v) is 7.49. The molecule has 0 radical (unpaired) electrons. The number of thiazole rings is 1. The number of rotatable bonds is 3. The van der Waals surface area contributed by atoms with E-state index in [1.165, 1.54) is 0 Å². The van der Waals surface area contributed by atoms with Crippen molar-refractivity contribution in [2.75, 3.05) is 7.05 Å². The molecule has 21 heavy (non-hydrogen) atoms. The highest BCUT2D eigenvalue weighted by Gasteiger charge is 2.20. The SMILES string of the molecule is Cc1n[nH]c(C)c1C(=O)N(C)Cc1nc2ccccc2s1. The molecular formula is C15H16N4OS. The third-order valence-electron chi connectivity index (χ3n) is 3.40. The van der Waals surface area contributed by atoms with Gasteiger partial charge in [0, 0.05) is 12.7 Å². The molecule has 6 heteroatoms. The van der Waals surface area contributed by atoms with Crippen molar-refractivity contribution in [3.05, 3.63) is 46.2 Å². The molecule has 108 valence electrons. The van der Waals surface area contributed by atoms with Crippen LogP contribution in [-0.2, 0) is 6.54 Å². The maximum Gasteiger partial charge on any atom is 0.257 e. The molecule has 1 aromatic carbocycles. The second-order valence-corrected chi connectivity index (χ2v) is 6.16. The summed E-state index contributed by atoms with van der Waals surface area (Å²) in [6.45, 7) is 4.20. The number of aromatic nitrogens is 3. The molecule has 0 unspecified atom stereocenters. The van der Waals surface area contributed by atoms with E-state index in [1.54, 1.807) is 23.3 Å². The zero-order valence-electron chi connectivity index (χ0n) is 12.2. The normalized spacial score (nSPS) is 11.0. The number of benzene rings is 1. The summed E-state index contributed by atoms with van der Waals surface area (Å²) < 4.78 is 1.14. The number of fused-ring (bicyclic) bond motifs is 1. The Hall–Kier alpha value is -2.21. The minimum absolute atomic E-state index is 0.0296. The van der Waals surface area contributed by atoms with E-state index >= 15 is 0 Å². The maximum atomic E-state index is 12.5. The van der Waals surface area contributed by atoms with Gasteiger partial charge in [0.05, 0.1) is 28.0 Å². The van der Waals surface area contributed by atoms with E-state index in [0.29, 0.717) is 12.1 Å². The van der Waals surface area contributed by atoms with Gasteiger partial charge in [0.15, 0.2) is 0 Å². The van der Waals surface area contributed by atoms with Crippen LogP contribution in [0.15, 0.2) is 24.3 Å². The number of hydrogen-bond acceptors (Lipinski definition) is 4. The van der Waals surface area contributed by atoms with Crippen LogP contribution in [0.2, 0.25) is 0 Å². The van der Waals surface area contributed by atoms with Crippen molar-refractivity contribution >= 4 is 27.5 Å².